The molecule has 0 fully saturated rings. The first kappa shape index (κ1) is 16.8. The van der Waals surface area contributed by atoms with E-state index >= 15 is 0 Å². The molecule has 0 saturated carbocycles. The molecule has 8 heteroatoms. The molecule has 0 atom stereocenters. The van der Waals surface area contributed by atoms with Crippen LogP contribution in [0.3, 0.4) is 0 Å². The van der Waals surface area contributed by atoms with Crippen LogP contribution in [0.1, 0.15) is 16.2 Å². The van der Waals surface area contributed by atoms with Gasteiger partial charge in [-0.25, -0.2) is 10.1 Å². The van der Waals surface area contributed by atoms with Crippen molar-refractivity contribution in [2.75, 3.05) is 13.7 Å². The molecule has 2 aromatic heterocycles. The van der Waals surface area contributed by atoms with Gasteiger partial charge < -0.3 is 10.1 Å². The zero-order chi connectivity index (χ0) is 17.6. The van der Waals surface area contributed by atoms with Gasteiger partial charge in [0.1, 0.15) is 16.5 Å². The van der Waals surface area contributed by atoms with E-state index in [1.807, 2.05) is 29.6 Å². The molecule has 3 rings (SSSR count). The maximum absolute atomic E-state index is 11.9. The van der Waals surface area contributed by atoms with Crippen molar-refractivity contribution in [3.8, 4) is 16.3 Å². The summed E-state index contributed by atoms with van der Waals surface area (Å²) in [5.74, 6) is 0.473. The van der Waals surface area contributed by atoms with Crippen LogP contribution in [-0.4, -0.2) is 34.7 Å². The second kappa shape index (κ2) is 7.71. The number of methoxy groups -OCH3 is 1. The molecule has 2 heterocycles. The van der Waals surface area contributed by atoms with Crippen LogP contribution in [0.4, 0.5) is 0 Å². The van der Waals surface area contributed by atoms with Crippen LogP contribution in [0.15, 0.2) is 46.6 Å². The summed E-state index contributed by atoms with van der Waals surface area (Å²) >= 11 is 1.56. The molecule has 0 unspecified atom stereocenters. The minimum Gasteiger partial charge on any atom is -0.497 e. The Balaban J connectivity index is 1.55. The summed E-state index contributed by atoms with van der Waals surface area (Å²) in [6.45, 7) is 0.436. The van der Waals surface area contributed by atoms with Crippen LogP contribution >= 0.6 is 11.3 Å². The fourth-order valence-electron chi connectivity index (χ4n) is 2.15. The lowest BCUT2D eigenvalue weighted by atomic mass is 10.2. The summed E-state index contributed by atoms with van der Waals surface area (Å²) in [6, 6.07) is 10.4. The molecule has 1 aromatic carbocycles. The maximum atomic E-state index is 11.9. The van der Waals surface area contributed by atoms with Crippen LogP contribution in [0.5, 0.6) is 5.75 Å². The number of ether oxygens (including phenoxy) is 1. The molecule has 0 saturated heterocycles. The number of amides is 1. The summed E-state index contributed by atoms with van der Waals surface area (Å²) in [7, 11) is 1.63. The number of nitrogens with zero attached hydrogens (tertiary/aromatic N) is 2. The van der Waals surface area contributed by atoms with Crippen molar-refractivity contribution in [2.45, 2.75) is 6.42 Å². The number of thiazole rings is 1. The van der Waals surface area contributed by atoms with Gasteiger partial charge in [0.2, 0.25) is 0 Å². The molecule has 0 bridgehead atoms. The van der Waals surface area contributed by atoms with Gasteiger partial charge >= 0.3 is 0 Å². The molecule has 25 heavy (non-hydrogen) atoms. The molecular weight excluding hydrogens is 340 g/mol. The topological polar surface area (TPSA) is 97.0 Å². The number of carbonyl (C=O) groups is 1. The van der Waals surface area contributed by atoms with E-state index < -0.39 is 0 Å². The number of H-pyrrole nitrogens is 1. The average Bonchev–Trinajstić information content (AvgIpc) is 3.11. The molecule has 3 aromatic rings. The number of hydrogen-bond donors (Lipinski definition) is 2. The van der Waals surface area contributed by atoms with E-state index in [9.17, 15) is 9.59 Å². The smallest absolute Gasteiger partial charge is 0.271 e. The minimum absolute atomic E-state index is 0.178. The third-order valence-corrected chi connectivity index (χ3v) is 4.41. The summed E-state index contributed by atoms with van der Waals surface area (Å²) < 4.78 is 5.15. The predicted octanol–water partition coefficient (Wildman–Crippen LogP) is 1.87. The molecule has 0 aliphatic heterocycles. The quantitative estimate of drug-likeness (QED) is 0.703. The second-order valence-corrected chi connectivity index (χ2v) is 6.04. The SMILES string of the molecule is COc1ccc(-c2nc(CCNC(=O)c3ccc(=O)[nH]n3)cs2)cc1. The molecule has 0 aliphatic rings. The van der Waals surface area contributed by atoms with Gasteiger partial charge in [-0.1, -0.05) is 0 Å². The fraction of sp³-hybridized carbons (Fsp3) is 0.176. The number of aromatic nitrogens is 3. The van der Waals surface area contributed by atoms with E-state index in [-0.39, 0.29) is 17.2 Å². The summed E-state index contributed by atoms with van der Waals surface area (Å²) in [5, 5.41) is 11.6. The highest BCUT2D eigenvalue weighted by Crippen LogP contribution is 2.25. The Bertz CT molecular complexity index is 898. The first-order valence-corrected chi connectivity index (χ1v) is 8.46. The zero-order valence-electron chi connectivity index (χ0n) is 13.5. The highest BCUT2D eigenvalue weighted by atomic mass is 32.1. The monoisotopic (exact) mass is 356 g/mol. The van der Waals surface area contributed by atoms with E-state index in [4.69, 9.17) is 4.74 Å². The lowest BCUT2D eigenvalue weighted by Crippen LogP contribution is -2.27. The van der Waals surface area contributed by atoms with E-state index in [1.165, 1.54) is 12.1 Å². The fourth-order valence-corrected chi connectivity index (χ4v) is 3.01. The van der Waals surface area contributed by atoms with Gasteiger partial charge in [-0.3, -0.25) is 9.59 Å². The van der Waals surface area contributed by atoms with Crippen molar-refractivity contribution in [1.29, 1.82) is 0 Å². The second-order valence-electron chi connectivity index (χ2n) is 5.18. The molecule has 2 N–H and O–H groups in total. The Kier molecular flexibility index (Phi) is 5.20. The minimum atomic E-state index is -0.343. The van der Waals surface area contributed by atoms with Gasteiger partial charge in [-0.15, -0.1) is 11.3 Å². The Hall–Kier alpha value is -3.00. The summed E-state index contributed by atoms with van der Waals surface area (Å²) in [5.41, 5.74) is 1.77. The van der Waals surface area contributed by atoms with Crippen LogP contribution in [-0.2, 0) is 6.42 Å². The van der Waals surface area contributed by atoms with Gasteiger partial charge in [0.15, 0.2) is 0 Å². The van der Waals surface area contributed by atoms with E-state index in [2.05, 4.69) is 20.5 Å². The van der Waals surface area contributed by atoms with Crippen LogP contribution < -0.4 is 15.6 Å². The largest absolute Gasteiger partial charge is 0.497 e. The highest BCUT2D eigenvalue weighted by molar-refractivity contribution is 7.13. The third kappa shape index (κ3) is 4.30. The first-order chi connectivity index (χ1) is 12.2. The van der Waals surface area contributed by atoms with E-state index in [0.717, 1.165) is 22.0 Å². The predicted molar refractivity (Wildman–Crippen MR) is 95.0 cm³/mol. The molecule has 128 valence electrons. The summed E-state index contributed by atoms with van der Waals surface area (Å²) in [4.78, 5) is 27.4. The number of rotatable bonds is 6. The number of carbonyl (C=O) groups excluding carboxylic acids is 1. The van der Waals surface area contributed by atoms with Crippen molar-refractivity contribution in [3.63, 3.8) is 0 Å². The molecular formula is C17H16N4O3S. The molecule has 7 nitrogen and oxygen atoms in total. The Morgan fingerprint density at radius 3 is 2.72 bits per heavy atom. The Morgan fingerprint density at radius 1 is 1.24 bits per heavy atom. The van der Waals surface area contributed by atoms with E-state index in [0.29, 0.717) is 13.0 Å². The summed E-state index contributed by atoms with van der Waals surface area (Å²) in [6.07, 6.45) is 0.613. The average molecular weight is 356 g/mol. The van der Waals surface area contributed by atoms with Crippen molar-refractivity contribution < 1.29 is 9.53 Å². The number of benzene rings is 1. The van der Waals surface area contributed by atoms with Crippen LogP contribution in [0, 0.1) is 0 Å². The number of hydrogen-bond acceptors (Lipinski definition) is 6. The molecule has 0 spiro atoms. The van der Waals surface area contributed by atoms with Crippen molar-refractivity contribution in [2.24, 2.45) is 0 Å². The molecule has 0 radical (unpaired) electrons. The lowest BCUT2D eigenvalue weighted by molar-refractivity contribution is 0.0948. The van der Waals surface area contributed by atoms with Crippen molar-refractivity contribution in [3.05, 3.63) is 63.5 Å². The Morgan fingerprint density at radius 2 is 2.04 bits per heavy atom. The number of aromatic amines is 1. The Labute approximate surface area is 147 Å². The van der Waals surface area contributed by atoms with Crippen LogP contribution in [0.25, 0.3) is 10.6 Å². The standard InChI is InChI=1S/C17H16N4O3S/c1-24-13-4-2-11(3-5-13)17-19-12(10-25-17)8-9-18-16(23)14-6-7-15(22)21-20-14/h2-7,10H,8-9H2,1H3,(H,18,23)(H,21,22). The van der Waals surface area contributed by atoms with E-state index in [1.54, 1.807) is 18.4 Å². The highest BCUT2D eigenvalue weighted by Gasteiger charge is 2.08. The van der Waals surface area contributed by atoms with Gasteiger partial charge in [0.05, 0.1) is 12.8 Å². The van der Waals surface area contributed by atoms with Crippen LogP contribution in [0.2, 0.25) is 0 Å². The molecule has 0 aliphatic carbocycles. The van der Waals surface area contributed by atoms with Gasteiger partial charge in [-0.05, 0) is 30.3 Å². The number of nitrogens with one attached hydrogen (secondary N) is 2. The van der Waals surface area contributed by atoms with Crippen molar-refractivity contribution >= 4 is 17.2 Å². The van der Waals surface area contributed by atoms with Gasteiger partial charge in [0, 0.05) is 30.0 Å². The van der Waals surface area contributed by atoms with Gasteiger partial charge in [0.25, 0.3) is 11.5 Å². The van der Waals surface area contributed by atoms with Crippen molar-refractivity contribution in [1.82, 2.24) is 20.5 Å². The maximum Gasteiger partial charge on any atom is 0.271 e. The van der Waals surface area contributed by atoms with Gasteiger partial charge in [-0.2, -0.15) is 5.10 Å². The third-order valence-electron chi connectivity index (χ3n) is 3.47. The lowest BCUT2D eigenvalue weighted by Gasteiger charge is -2.02. The first-order valence-electron chi connectivity index (χ1n) is 7.58. The molecule has 1 amide bonds. The zero-order valence-corrected chi connectivity index (χ0v) is 14.3. The normalized spacial score (nSPS) is 10.4.